The molecule has 2 atom stereocenters. The lowest BCUT2D eigenvalue weighted by Crippen LogP contribution is -2.59. The summed E-state index contributed by atoms with van der Waals surface area (Å²) < 4.78 is 5.52. The van der Waals surface area contributed by atoms with Gasteiger partial charge in [-0.25, -0.2) is 0 Å². The molecule has 80 valence electrons. The summed E-state index contributed by atoms with van der Waals surface area (Å²) in [6.45, 7) is 6.06. The van der Waals surface area contributed by atoms with Gasteiger partial charge < -0.3 is 15.4 Å². The lowest BCUT2D eigenvalue weighted by Gasteiger charge is -2.38. The van der Waals surface area contributed by atoms with Crippen LogP contribution in [0.1, 0.15) is 20.3 Å². The van der Waals surface area contributed by atoms with Crippen LogP contribution in [0.2, 0.25) is 0 Å². The molecule has 0 spiro atoms. The second-order valence-electron chi connectivity index (χ2n) is 4.73. The van der Waals surface area contributed by atoms with Crippen molar-refractivity contribution in [2.45, 2.75) is 31.9 Å². The molecule has 1 aliphatic heterocycles. The minimum absolute atomic E-state index is 0.0208. The number of amides is 1. The predicted octanol–water partition coefficient (Wildman–Crippen LogP) is -0.110. The maximum atomic E-state index is 11.4. The van der Waals surface area contributed by atoms with Crippen LogP contribution in [0.4, 0.5) is 0 Å². The van der Waals surface area contributed by atoms with Crippen molar-refractivity contribution in [3.8, 4) is 0 Å². The molecule has 2 unspecified atom stereocenters. The molecule has 0 aromatic heterocycles. The fourth-order valence-corrected chi connectivity index (χ4v) is 1.59. The monoisotopic (exact) mass is 198 g/mol. The van der Waals surface area contributed by atoms with Gasteiger partial charge in [-0.3, -0.25) is 4.79 Å². The van der Waals surface area contributed by atoms with Crippen molar-refractivity contribution in [2.75, 3.05) is 19.7 Å². The van der Waals surface area contributed by atoms with Gasteiger partial charge in [0.15, 0.2) is 0 Å². The standard InChI is InChI=1S/C10H18N2O2/c1-7-3-8(7)12-9(13)4-14-10(2)5-11-6-10/h7-8,11H,3-6H2,1-2H3,(H,12,13). The fourth-order valence-electron chi connectivity index (χ4n) is 1.59. The summed E-state index contributed by atoms with van der Waals surface area (Å²) in [6, 6.07) is 0.401. The molecule has 2 aliphatic rings. The maximum Gasteiger partial charge on any atom is 0.246 e. The zero-order chi connectivity index (χ0) is 10.2. The highest BCUT2D eigenvalue weighted by molar-refractivity contribution is 5.77. The molecule has 14 heavy (non-hydrogen) atoms. The molecule has 1 saturated heterocycles. The highest BCUT2D eigenvalue weighted by Gasteiger charge is 2.36. The molecular formula is C10H18N2O2. The minimum Gasteiger partial charge on any atom is -0.363 e. The van der Waals surface area contributed by atoms with E-state index in [1.807, 2.05) is 6.92 Å². The van der Waals surface area contributed by atoms with Gasteiger partial charge in [0, 0.05) is 19.1 Å². The van der Waals surface area contributed by atoms with E-state index in [2.05, 4.69) is 17.6 Å². The topological polar surface area (TPSA) is 50.4 Å². The second-order valence-corrected chi connectivity index (χ2v) is 4.73. The van der Waals surface area contributed by atoms with Crippen LogP contribution in [0.25, 0.3) is 0 Å². The minimum atomic E-state index is -0.119. The smallest absolute Gasteiger partial charge is 0.246 e. The number of hydrogen-bond donors (Lipinski definition) is 2. The first-order valence-electron chi connectivity index (χ1n) is 5.23. The average molecular weight is 198 g/mol. The molecule has 2 N–H and O–H groups in total. The van der Waals surface area contributed by atoms with Gasteiger partial charge in [-0.1, -0.05) is 6.92 Å². The molecule has 2 fully saturated rings. The van der Waals surface area contributed by atoms with E-state index in [-0.39, 0.29) is 18.1 Å². The molecule has 1 saturated carbocycles. The Bertz CT molecular complexity index is 238. The van der Waals surface area contributed by atoms with Crippen LogP contribution < -0.4 is 10.6 Å². The fraction of sp³-hybridized carbons (Fsp3) is 0.900. The molecular weight excluding hydrogens is 180 g/mol. The van der Waals surface area contributed by atoms with E-state index in [4.69, 9.17) is 4.74 Å². The Morgan fingerprint density at radius 1 is 1.64 bits per heavy atom. The SMILES string of the molecule is CC1CC1NC(=O)COC1(C)CNC1. The third kappa shape index (κ3) is 2.25. The number of rotatable bonds is 4. The molecule has 4 heteroatoms. The first-order valence-corrected chi connectivity index (χ1v) is 5.23. The Hall–Kier alpha value is -0.610. The molecule has 4 nitrogen and oxygen atoms in total. The van der Waals surface area contributed by atoms with E-state index in [0.717, 1.165) is 19.5 Å². The quantitative estimate of drug-likeness (QED) is 0.662. The Morgan fingerprint density at radius 2 is 2.29 bits per heavy atom. The number of carbonyl (C=O) groups excluding carboxylic acids is 1. The van der Waals surface area contributed by atoms with Crippen LogP contribution in [0, 0.1) is 5.92 Å². The molecule has 0 radical (unpaired) electrons. The zero-order valence-corrected chi connectivity index (χ0v) is 8.80. The van der Waals surface area contributed by atoms with Gasteiger partial charge >= 0.3 is 0 Å². The number of ether oxygens (including phenoxy) is 1. The van der Waals surface area contributed by atoms with Crippen molar-refractivity contribution < 1.29 is 9.53 Å². The van der Waals surface area contributed by atoms with Crippen LogP contribution >= 0.6 is 0 Å². The van der Waals surface area contributed by atoms with E-state index in [9.17, 15) is 4.79 Å². The molecule has 0 aromatic rings. The first-order chi connectivity index (χ1) is 6.59. The highest BCUT2D eigenvalue weighted by atomic mass is 16.5. The van der Waals surface area contributed by atoms with Crippen LogP contribution in [0.15, 0.2) is 0 Å². The van der Waals surface area contributed by atoms with Crippen molar-refractivity contribution in [1.29, 1.82) is 0 Å². The van der Waals surface area contributed by atoms with E-state index in [1.54, 1.807) is 0 Å². The highest BCUT2D eigenvalue weighted by Crippen LogP contribution is 2.28. The molecule has 1 aliphatic carbocycles. The summed E-state index contributed by atoms with van der Waals surface area (Å²) in [6.07, 6.45) is 1.12. The van der Waals surface area contributed by atoms with Crippen molar-refractivity contribution in [3.05, 3.63) is 0 Å². The largest absolute Gasteiger partial charge is 0.363 e. The van der Waals surface area contributed by atoms with Gasteiger partial charge in [0.25, 0.3) is 0 Å². The molecule has 1 amide bonds. The Balaban J connectivity index is 1.62. The molecule has 0 bridgehead atoms. The second kappa shape index (κ2) is 3.51. The van der Waals surface area contributed by atoms with E-state index in [0.29, 0.717) is 12.0 Å². The van der Waals surface area contributed by atoms with Crippen LogP contribution in [0.3, 0.4) is 0 Å². The van der Waals surface area contributed by atoms with Crippen LogP contribution in [0.5, 0.6) is 0 Å². The van der Waals surface area contributed by atoms with Crippen molar-refractivity contribution in [1.82, 2.24) is 10.6 Å². The van der Waals surface area contributed by atoms with Gasteiger partial charge in [0.1, 0.15) is 6.61 Å². The third-order valence-corrected chi connectivity index (χ3v) is 3.01. The van der Waals surface area contributed by atoms with E-state index >= 15 is 0 Å². The summed E-state index contributed by atoms with van der Waals surface area (Å²) in [5, 5.41) is 6.07. The number of carbonyl (C=O) groups is 1. The maximum absolute atomic E-state index is 11.4. The van der Waals surface area contributed by atoms with E-state index in [1.165, 1.54) is 0 Å². The summed E-state index contributed by atoms with van der Waals surface area (Å²) in [5.74, 6) is 0.674. The van der Waals surface area contributed by atoms with E-state index < -0.39 is 0 Å². The number of hydrogen-bond acceptors (Lipinski definition) is 3. The van der Waals surface area contributed by atoms with Gasteiger partial charge in [-0.05, 0) is 19.3 Å². The van der Waals surface area contributed by atoms with Crippen molar-refractivity contribution in [3.63, 3.8) is 0 Å². The Kier molecular flexibility index (Phi) is 2.49. The van der Waals surface area contributed by atoms with Crippen LogP contribution in [-0.4, -0.2) is 37.2 Å². The summed E-state index contributed by atoms with van der Waals surface area (Å²) in [7, 11) is 0. The third-order valence-electron chi connectivity index (χ3n) is 3.01. The lowest BCUT2D eigenvalue weighted by molar-refractivity contribution is -0.136. The molecule has 1 heterocycles. The van der Waals surface area contributed by atoms with Crippen LogP contribution in [-0.2, 0) is 9.53 Å². The van der Waals surface area contributed by atoms with Gasteiger partial charge in [0.05, 0.1) is 5.60 Å². The van der Waals surface area contributed by atoms with Gasteiger partial charge in [-0.15, -0.1) is 0 Å². The Morgan fingerprint density at radius 3 is 2.71 bits per heavy atom. The summed E-state index contributed by atoms with van der Waals surface area (Å²) in [5.41, 5.74) is -0.119. The average Bonchev–Trinajstić information content (AvgIpc) is 2.75. The van der Waals surface area contributed by atoms with Crippen molar-refractivity contribution in [2.24, 2.45) is 5.92 Å². The van der Waals surface area contributed by atoms with Crippen molar-refractivity contribution >= 4 is 5.91 Å². The normalized spacial score (nSPS) is 33.3. The number of nitrogens with one attached hydrogen (secondary N) is 2. The summed E-state index contributed by atoms with van der Waals surface area (Å²) >= 11 is 0. The predicted molar refractivity (Wildman–Crippen MR) is 52.9 cm³/mol. The zero-order valence-electron chi connectivity index (χ0n) is 8.80. The lowest BCUT2D eigenvalue weighted by atomic mass is 10.0. The Labute approximate surface area is 84.4 Å². The van der Waals surface area contributed by atoms with Gasteiger partial charge in [-0.2, -0.15) is 0 Å². The molecule has 2 rings (SSSR count). The molecule has 0 aromatic carbocycles. The first kappa shape index (κ1) is 9.93. The van der Waals surface area contributed by atoms with Gasteiger partial charge in [0.2, 0.25) is 5.91 Å². The summed E-state index contributed by atoms with van der Waals surface area (Å²) in [4.78, 5) is 11.4.